The van der Waals surface area contributed by atoms with Crippen molar-refractivity contribution in [2.75, 3.05) is 5.32 Å². The Morgan fingerprint density at radius 1 is 1.09 bits per heavy atom. The lowest BCUT2D eigenvalue weighted by molar-refractivity contribution is -0.384. The molecule has 11 heteroatoms. The zero-order valence-corrected chi connectivity index (χ0v) is 18.1. The maximum atomic E-state index is 13.0. The van der Waals surface area contributed by atoms with Gasteiger partial charge in [0.2, 0.25) is 6.10 Å². The second kappa shape index (κ2) is 9.92. The highest BCUT2D eigenvalue weighted by Gasteiger charge is 2.27. The van der Waals surface area contributed by atoms with Crippen LogP contribution in [0.3, 0.4) is 0 Å². The van der Waals surface area contributed by atoms with Crippen molar-refractivity contribution in [2.45, 2.75) is 6.10 Å². The van der Waals surface area contributed by atoms with Gasteiger partial charge in [-0.25, -0.2) is 14.5 Å². The van der Waals surface area contributed by atoms with Gasteiger partial charge in [-0.15, -0.1) is 0 Å². The third kappa shape index (κ3) is 5.08. The molecule has 2 heterocycles. The fourth-order valence-electron chi connectivity index (χ4n) is 3.06. The summed E-state index contributed by atoms with van der Waals surface area (Å²) in [5.41, 5.74) is 0.309. The van der Waals surface area contributed by atoms with Gasteiger partial charge in [0.15, 0.2) is 5.82 Å². The molecular weight excluding hydrogens is 462 g/mol. The minimum atomic E-state index is -1.32. The van der Waals surface area contributed by atoms with E-state index in [1.807, 2.05) is 0 Å². The van der Waals surface area contributed by atoms with Crippen LogP contribution in [0.1, 0.15) is 22.0 Å². The Bertz CT molecular complexity index is 1330. The van der Waals surface area contributed by atoms with Crippen molar-refractivity contribution in [2.24, 2.45) is 0 Å². The number of carbonyl (C=O) groups excluding carboxylic acids is 2. The Hall–Kier alpha value is -4.57. The zero-order valence-electron chi connectivity index (χ0n) is 17.4. The van der Waals surface area contributed by atoms with Crippen molar-refractivity contribution in [1.29, 1.82) is 0 Å². The number of halogens is 1. The zero-order chi connectivity index (χ0) is 24.1. The molecule has 1 amide bonds. The Kier molecular flexibility index (Phi) is 6.60. The smallest absolute Gasteiger partial charge is 0.340 e. The number of aromatic nitrogens is 3. The van der Waals surface area contributed by atoms with Gasteiger partial charge in [-0.1, -0.05) is 41.9 Å². The first-order chi connectivity index (χ1) is 16.4. The van der Waals surface area contributed by atoms with Gasteiger partial charge < -0.3 is 10.1 Å². The normalized spacial score (nSPS) is 11.4. The maximum absolute atomic E-state index is 13.0. The molecule has 2 aromatic heterocycles. The lowest BCUT2D eigenvalue weighted by Gasteiger charge is -2.18. The molecule has 4 rings (SSSR count). The van der Waals surface area contributed by atoms with Crippen molar-refractivity contribution in [1.82, 2.24) is 14.8 Å². The summed E-state index contributed by atoms with van der Waals surface area (Å²) in [7, 11) is 0. The van der Waals surface area contributed by atoms with Gasteiger partial charge in [0.25, 0.3) is 11.6 Å². The van der Waals surface area contributed by atoms with E-state index in [1.165, 1.54) is 29.1 Å². The summed E-state index contributed by atoms with van der Waals surface area (Å²) in [5, 5.41) is 17.7. The molecular formula is C23H16ClN5O5. The SMILES string of the molecule is O=C(OC(C(=O)Nc1ccc(Cl)c([N+](=O)[O-])c1)c1ccccc1)c1ccc(-n2cccn2)nc1. The van der Waals surface area contributed by atoms with Gasteiger partial charge >= 0.3 is 5.97 Å². The molecule has 0 aliphatic heterocycles. The number of hydrogen-bond acceptors (Lipinski definition) is 7. The van der Waals surface area contributed by atoms with Gasteiger partial charge in [-0.3, -0.25) is 14.9 Å². The lowest BCUT2D eigenvalue weighted by Crippen LogP contribution is -2.26. The first kappa shape index (κ1) is 22.6. The highest BCUT2D eigenvalue weighted by Crippen LogP contribution is 2.28. The molecule has 0 saturated heterocycles. The third-order valence-electron chi connectivity index (χ3n) is 4.70. The molecule has 1 atom stereocenters. The van der Waals surface area contributed by atoms with E-state index in [-0.39, 0.29) is 22.0 Å². The number of anilines is 1. The van der Waals surface area contributed by atoms with Crippen LogP contribution in [0.25, 0.3) is 5.82 Å². The summed E-state index contributed by atoms with van der Waals surface area (Å²) in [6.45, 7) is 0. The van der Waals surface area contributed by atoms with Gasteiger partial charge in [-0.05, 0) is 30.3 Å². The predicted molar refractivity (Wildman–Crippen MR) is 123 cm³/mol. The van der Waals surface area contributed by atoms with Crippen LogP contribution in [0, 0.1) is 10.1 Å². The fraction of sp³-hybridized carbons (Fsp3) is 0.0435. The fourth-order valence-corrected chi connectivity index (χ4v) is 3.25. The van der Waals surface area contributed by atoms with Gasteiger partial charge in [0.05, 0.1) is 10.5 Å². The molecule has 0 aliphatic rings. The summed E-state index contributed by atoms with van der Waals surface area (Å²) in [5.74, 6) is -0.967. The van der Waals surface area contributed by atoms with Crippen molar-refractivity contribution >= 4 is 34.9 Å². The summed E-state index contributed by atoms with van der Waals surface area (Å²) >= 11 is 5.83. The number of benzene rings is 2. The van der Waals surface area contributed by atoms with Crippen LogP contribution in [0.2, 0.25) is 5.02 Å². The minimum absolute atomic E-state index is 0.0694. The summed E-state index contributed by atoms with van der Waals surface area (Å²) in [4.78, 5) is 40.5. The molecule has 0 bridgehead atoms. The number of pyridine rings is 1. The average Bonchev–Trinajstić information content (AvgIpc) is 3.39. The predicted octanol–water partition coefficient (Wildman–Crippen LogP) is 4.37. The number of nitro groups is 1. The Morgan fingerprint density at radius 2 is 1.88 bits per heavy atom. The van der Waals surface area contributed by atoms with Crippen LogP contribution in [-0.4, -0.2) is 31.6 Å². The number of nitrogens with one attached hydrogen (secondary N) is 1. The van der Waals surface area contributed by atoms with Crippen molar-refractivity contribution in [3.8, 4) is 5.82 Å². The van der Waals surface area contributed by atoms with E-state index in [0.717, 1.165) is 6.07 Å². The number of amides is 1. The molecule has 4 aromatic rings. The van der Waals surface area contributed by atoms with Gasteiger partial charge in [-0.2, -0.15) is 5.10 Å². The van der Waals surface area contributed by atoms with Crippen molar-refractivity contribution in [3.05, 3.63) is 112 Å². The number of rotatable bonds is 7. The molecule has 0 saturated carbocycles. The number of carbonyl (C=O) groups is 2. The molecule has 0 radical (unpaired) electrons. The molecule has 0 spiro atoms. The number of ether oxygens (including phenoxy) is 1. The second-order valence-corrected chi connectivity index (χ2v) is 7.37. The topological polar surface area (TPSA) is 129 Å². The van der Waals surface area contributed by atoms with Crippen LogP contribution in [0.5, 0.6) is 0 Å². The Balaban J connectivity index is 1.56. The van der Waals surface area contributed by atoms with E-state index in [0.29, 0.717) is 11.4 Å². The molecule has 1 unspecified atom stereocenters. The van der Waals surface area contributed by atoms with Crippen molar-refractivity contribution < 1.29 is 19.2 Å². The maximum Gasteiger partial charge on any atom is 0.340 e. The van der Waals surface area contributed by atoms with E-state index in [2.05, 4.69) is 15.4 Å². The standard InChI is InChI=1S/C23H16ClN5O5/c24-18-9-8-17(13-19(18)29(32)33)27-22(30)21(15-5-2-1-3-6-15)34-23(31)16-7-10-20(25-14-16)28-12-4-11-26-28/h1-14,21H,(H,27,30). The molecule has 2 aromatic carbocycles. The number of nitrogens with zero attached hydrogens (tertiary/aromatic N) is 4. The highest BCUT2D eigenvalue weighted by atomic mass is 35.5. The van der Waals surface area contributed by atoms with Crippen LogP contribution < -0.4 is 5.32 Å². The van der Waals surface area contributed by atoms with E-state index in [4.69, 9.17) is 16.3 Å². The molecule has 0 fully saturated rings. The van der Waals surface area contributed by atoms with E-state index in [1.54, 1.807) is 54.9 Å². The van der Waals surface area contributed by atoms with Crippen LogP contribution in [0.15, 0.2) is 85.3 Å². The van der Waals surface area contributed by atoms with Crippen molar-refractivity contribution in [3.63, 3.8) is 0 Å². The first-order valence-corrected chi connectivity index (χ1v) is 10.3. The quantitative estimate of drug-likeness (QED) is 0.238. The average molecular weight is 478 g/mol. The third-order valence-corrected chi connectivity index (χ3v) is 5.02. The highest BCUT2D eigenvalue weighted by molar-refractivity contribution is 6.32. The van der Waals surface area contributed by atoms with Crippen LogP contribution in [-0.2, 0) is 9.53 Å². The number of hydrogen-bond donors (Lipinski definition) is 1. The lowest BCUT2D eigenvalue weighted by atomic mass is 10.1. The molecule has 10 nitrogen and oxygen atoms in total. The van der Waals surface area contributed by atoms with E-state index < -0.39 is 22.9 Å². The molecule has 0 aliphatic carbocycles. The molecule has 170 valence electrons. The van der Waals surface area contributed by atoms with E-state index in [9.17, 15) is 19.7 Å². The monoisotopic (exact) mass is 477 g/mol. The Labute approximate surface area is 197 Å². The van der Waals surface area contributed by atoms with Crippen LogP contribution in [0.4, 0.5) is 11.4 Å². The summed E-state index contributed by atoms with van der Waals surface area (Å²) in [6.07, 6.45) is 3.30. The van der Waals surface area contributed by atoms with Gasteiger partial charge in [0.1, 0.15) is 5.02 Å². The minimum Gasteiger partial charge on any atom is -0.444 e. The molecule has 1 N–H and O–H groups in total. The Morgan fingerprint density at radius 3 is 2.53 bits per heavy atom. The van der Waals surface area contributed by atoms with Gasteiger partial charge in [0, 0.05) is 35.9 Å². The number of nitro benzene ring substituents is 1. The van der Waals surface area contributed by atoms with Crippen LogP contribution >= 0.6 is 11.6 Å². The first-order valence-electron chi connectivity index (χ1n) is 9.89. The van der Waals surface area contributed by atoms with E-state index >= 15 is 0 Å². The number of esters is 1. The second-order valence-electron chi connectivity index (χ2n) is 6.96. The summed E-state index contributed by atoms with van der Waals surface area (Å²) < 4.78 is 7.04. The molecule has 34 heavy (non-hydrogen) atoms. The largest absolute Gasteiger partial charge is 0.444 e. The summed E-state index contributed by atoms with van der Waals surface area (Å²) in [6, 6.07) is 17.1.